The fourth-order valence-electron chi connectivity index (χ4n) is 4.41. The second-order valence-corrected chi connectivity index (χ2v) is 24.0. The first-order valence-corrected chi connectivity index (χ1v) is 20.0. The molecule has 0 saturated heterocycles. The predicted octanol–water partition coefficient (Wildman–Crippen LogP) is 6.48. The lowest BCUT2D eigenvalue weighted by Crippen LogP contribution is -2.73. The molecule has 0 fully saturated rings. The van der Waals surface area contributed by atoms with Gasteiger partial charge in [-0.25, -0.2) is 0 Å². The molecule has 0 amide bonds. The maximum atomic E-state index is 7.47. The van der Waals surface area contributed by atoms with Gasteiger partial charge >= 0.3 is 0 Å². The maximum absolute atomic E-state index is 7.47. The highest BCUT2D eigenvalue weighted by molar-refractivity contribution is 6.90. The largest absolute Gasteiger partial charge is 0.412 e. The molecule has 0 bridgehead atoms. The van der Waals surface area contributed by atoms with E-state index in [1.54, 1.807) is 0 Å². The molecule has 156 valence electrons. The Morgan fingerprint density at radius 1 is 0.741 bits per heavy atom. The maximum Gasteiger partial charge on any atom is 0.251 e. The van der Waals surface area contributed by atoms with Crippen molar-refractivity contribution in [2.45, 2.75) is 103 Å². The molecule has 0 spiro atoms. The summed E-state index contributed by atoms with van der Waals surface area (Å²) >= 11 is 0. The van der Waals surface area contributed by atoms with Gasteiger partial charge in [0.15, 0.2) is 8.32 Å². The summed E-state index contributed by atoms with van der Waals surface area (Å²) in [5, 5.41) is 1.09. The molecular formula is C22H44O2Si3. The van der Waals surface area contributed by atoms with Crippen molar-refractivity contribution in [2.75, 3.05) is 0 Å². The zero-order valence-corrected chi connectivity index (χ0v) is 22.8. The normalized spacial score (nSPS) is 18.0. The Labute approximate surface area is 172 Å². The fraction of sp³-hybridized carbons (Fsp3) is 0.727. The van der Waals surface area contributed by atoms with E-state index in [9.17, 15) is 0 Å². The van der Waals surface area contributed by atoms with Gasteiger partial charge in [0.1, 0.15) is 0 Å². The summed E-state index contributed by atoms with van der Waals surface area (Å²) in [5.74, 6) is 0. The van der Waals surface area contributed by atoms with Crippen LogP contribution in [0.4, 0.5) is 0 Å². The zero-order valence-electron chi connectivity index (χ0n) is 19.8. The average molecular weight is 425 g/mol. The highest BCUT2D eigenvalue weighted by atomic mass is 28.4. The van der Waals surface area contributed by atoms with Gasteiger partial charge in [0.25, 0.3) is 8.32 Å². The Bertz CT molecular complexity index is 588. The molecule has 2 unspecified atom stereocenters. The van der Waals surface area contributed by atoms with Crippen LogP contribution in [0.1, 0.15) is 47.0 Å². The third-order valence-corrected chi connectivity index (χ3v) is 16.2. The van der Waals surface area contributed by atoms with Crippen molar-refractivity contribution in [3.05, 3.63) is 30.3 Å². The molecule has 1 rings (SSSR count). The van der Waals surface area contributed by atoms with Crippen LogP contribution in [0, 0.1) is 0 Å². The Kier molecular flexibility index (Phi) is 7.96. The van der Waals surface area contributed by atoms with Crippen LogP contribution in [-0.4, -0.2) is 35.2 Å². The van der Waals surface area contributed by atoms with Gasteiger partial charge in [0.05, 0.1) is 13.3 Å². The average Bonchev–Trinajstić information content (AvgIpc) is 2.57. The Morgan fingerprint density at radius 2 is 1.22 bits per heavy atom. The lowest BCUT2D eigenvalue weighted by molar-refractivity contribution is 0.0690. The second kappa shape index (κ2) is 8.66. The van der Waals surface area contributed by atoms with Gasteiger partial charge in [0.2, 0.25) is 0 Å². The fourth-order valence-corrected chi connectivity index (χ4v) is 15.1. The first kappa shape index (κ1) is 24.8. The molecule has 0 aliphatic carbocycles. The van der Waals surface area contributed by atoms with Gasteiger partial charge in [-0.2, -0.15) is 0 Å². The summed E-state index contributed by atoms with van der Waals surface area (Å²) in [6.07, 6.45) is 3.12. The van der Waals surface area contributed by atoms with Crippen molar-refractivity contribution in [1.82, 2.24) is 0 Å². The van der Waals surface area contributed by atoms with E-state index in [2.05, 4.69) is 104 Å². The molecule has 0 N–H and O–H groups in total. The first-order valence-electron chi connectivity index (χ1n) is 10.7. The topological polar surface area (TPSA) is 18.5 Å². The van der Waals surface area contributed by atoms with Crippen LogP contribution in [0.3, 0.4) is 0 Å². The summed E-state index contributed by atoms with van der Waals surface area (Å²) < 4.78 is 14.4. The summed E-state index contributed by atoms with van der Waals surface area (Å²) in [4.78, 5) is 0. The molecule has 0 saturated carbocycles. The van der Waals surface area contributed by atoms with Crippen molar-refractivity contribution >= 4 is 29.9 Å². The van der Waals surface area contributed by atoms with E-state index in [4.69, 9.17) is 8.85 Å². The predicted molar refractivity (Wildman–Crippen MR) is 129 cm³/mol. The summed E-state index contributed by atoms with van der Waals surface area (Å²) in [6, 6.07) is 11.0. The minimum atomic E-state index is -2.43. The van der Waals surface area contributed by atoms with E-state index in [0.717, 1.165) is 19.3 Å². The van der Waals surface area contributed by atoms with E-state index in [0.29, 0.717) is 0 Å². The van der Waals surface area contributed by atoms with Gasteiger partial charge in [-0.3, -0.25) is 0 Å². The van der Waals surface area contributed by atoms with E-state index in [1.165, 1.54) is 5.19 Å². The Balaban J connectivity index is 3.66. The lowest BCUT2D eigenvalue weighted by atomic mass is 10.2. The molecule has 0 heterocycles. The molecule has 2 atom stereocenters. The molecule has 0 radical (unpaired) electrons. The quantitative estimate of drug-likeness (QED) is 0.400. The smallest absolute Gasteiger partial charge is 0.251 e. The molecular weight excluding hydrogens is 380 g/mol. The van der Waals surface area contributed by atoms with Gasteiger partial charge in [-0.1, -0.05) is 70.7 Å². The highest BCUT2D eigenvalue weighted by Crippen LogP contribution is 2.40. The molecule has 0 aliphatic rings. The van der Waals surface area contributed by atoms with Crippen molar-refractivity contribution in [3.8, 4) is 0 Å². The SMILES string of the molecule is CCC(CC)(O[Si](C)(c1ccccc1)C(C)(CC)O[Si](C)(C)C)[Si](C)(C)C. The first-order chi connectivity index (χ1) is 12.2. The number of benzene rings is 1. The van der Waals surface area contributed by atoms with Crippen molar-refractivity contribution in [2.24, 2.45) is 0 Å². The summed E-state index contributed by atoms with van der Waals surface area (Å²) in [6.45, 7) is 25.9. The van der Waals surface area contributed by atoms with Crippen LogP contribution >= 0.6 is 0 Å². The number of rotatable bonds is 10. The highest BCUT2D eigenvalue weighted by Gasteiger charge is 2.57. The number of hydrogen-bond donors (Lipinski definition) is 0. The lowest BCUT2D eigenvalue weighted by Gasteiger charge is -2.54. The van der Waals surface area contributed by atoms with Crippen LogP contribution in [0.5, 0.6) is 0 Å². The molecule has 1 aromatic carbocycles. The molecule has 27 heavy (non-hydrogen) atoms. The number of hydrogen-bond acceptors (Lipinski definition) is 2. The second-order valence-electron chi connectivity index (χ2n) is 10.3. The summed E-state index contributed by atoms with van der Waals surface area (Å²) in [7, 11) is -5.72. The van der Waals surface area contributed by atoms with Gasteiger partial charge < -0.3 is 8.85 Å². The summed E-state index contributed by atoms with van der Waals surface area (Å²) in [5.41, 5.74) is 0. The van der Waals surface area contributed by atoms with Gasteiger partial charge in [0, 0.05) is 5.22 Å². The van der Waals surface area contributed by atoms with Crippen molar-refractivity contribution in [1.29, 1.82) is 0 Å². The van der Waals surface area contributed by atoms with Gasteiger partial charge in [-0.05, 0) is 57.6 Å². The van der Waals surface area contributed by atoms with Crippen LogP contribution in [-0.2, 0) is 8.85 Å². The van der Waals surface area contributed by atoms with Crippen LogP contribution in [0.2, 0.25) is 45.8 Å². The van der Waals surface area contributed by atoms with E-state index in [1.807, 2.05) is 0 Å². The molecule has 5 heteroatoms. The zero-order chi connectivity index (χ0) is 21.1. The van der Waals surface area contributed by atoms with Crippen molar-refractivity contribution < 1.29 is 8.85 Å². The minimum Gasteiger partial charge on any atom is -0.412 e. The van der Waals surface area contributed by atoms with E-state index < -0.39 is 24.7 Å². The standard InChI is InChI=1S/C22H44O2Si3/c1-12-21(4,23-26(8,9)10)27(11,20-18-16-15-17-19-20)24-22(13-2,14-3)25(5,6)7/h15-19H,12-14H2,1-11H3. The Hall–Kier alpha value is -0.209. The minimum absolute atomic E-state index is 0.0248. The third-order valence-electron chi connectivity index (χ3n) is 6.45. The van der Waals surface area contributed by atoms with Crippen LogP contribution in [0.25, 0.3) is 0 Å². The van der Waals surface area contributed by atoms with E-state index >= 15 is 0 Å². The van der Waals surface area contributed by atoms with Gasteiger partial charge in [-0.15, -0.1) is 0 Å². The molecule has 0 aromatic heterocycles. The van der Waals surface area contributed by atoms with Crippen LogP contribution < -0.4 is 5.19 Å². The third kappa shape index (κ3) is 5.24. The molecule has 2 nitrogen and oxygen atoms in total. The van der Waals surface area contributed by atoms with E-state index in [-0.39, 0.29) is 10.4 Å². The van der Waals surface area contributed by atoms with Crippen molar-refractivity contribution in [3.63, 3.8) is 0 Å². The monoisotopic (exact) mass is 424 g/mol. The Morgan fingerprint density at radius 3 is 1.56 bits per heavy atom. The molecule has 0 aliphatic heterocycles. The van der Waals surface area contributed by atoms with Crippen LogP contribution in [0.15, 0.2) is 30.3 Å². The molecule has 1 aromatic rings.